The van der Waals surface area contributed by atoms with E-state index in [-0.39, 0.29) is 31.4 Å². The first-order valence-electron chi connectivity index (χ1n) is 8.66. The molecular weight excluding hydrogens is 370 g/mol. The zero-order valence-corrected chi connectivity index (χ0v) is 15.0. The quantitative estimate of drug-likeness (QED) is 0.573. The van der Waals surface area contributed by atoms with Crippen molar-refractivity contribution in [2.24, 2.45) is 0 Å². The van der Waals surface area contributed by atoms with Crippen molar-refractivity contribution >= 4 is 17.8 Å². The standard InChI is InChI=1S/C20H20F2N2O4/c21-14-8-9-15(16(22)12-14)19(26)23-10-4-7-18(25)24-17(20(27)28)11-13-5-2-1-3-6-13/h1-3,5-6,8-9,12,17H,4,7,10-11H2,(H,23,26)(H,24,25)(H,27,28)/t17-/m0/s1. The van der Waals surface area contributed by atoms with E-state index in [2.05, 4.69) is 10.6 Å². The fourth-order valence-electron chi connectivity index (χ4n) is 2.54. The number of hydrogen-bond acceptors (Lipinski definition) is 3. The molecule has 0 aliphatic heterocycles. The van der Waals surface area contributed by atoms with E-state index in [4.69, 9.17) is 0 Å². The largest absolute Gasteiger partial charge is 0.480 e. The van der Waals surface area contributed by atoms with Gasteiger partial charge < -0.3 is 15.7 Å². The van der Waals surface area contributed by atoms with Gasteiger partial charge in [0.2, 0.25) is 5.91 Å². The number of carboxylic acid groups (broad SMARTS) is 1. The van der Waals surface area contributed by atoms with E-state index in [9.17, 15) is 28.3 Å². The van der Waals surface area contributed by atoms with Crippen molar-refractivity contribution in [3.8, 4) is 0 Å². The molecule has 0 unspecified atom stereocenters. The lowest BCUT2D eigenvalue weighted by atomic mass is 10.1. The average molecular weight is 390 g/mol. The lowest BCUT2D eigenvalue weighted by Gasteiger charge is -2.14. The maximum Gasteiger partial charge on any atom is 0.326 e. The Hall–Kier alpha value is -3.29. The second kappa shape index (κ2) is 10.1. The molecule has 2 aromatic rings. The maximum absolute atomic E-state index is 13.5. The zero-order chi connectivity index (χ0) is 20.5. The maximum atomic E-state index is 13.5. The van der Waals surface area contributed by atoms with Gasteiger partial charge in [-0.15, -0.1) is 0 Å². The highest BCUT2D eigenvalue weighted by Gasteiger charge is 2.20. The van der Waals surface area contributed by atoms with Gasteiger partial charge in [-0.1, -0.05) is 30.3 Å². The Labute approximate surface area is 160 Å². The second-order valence-corrected chi connectivity index (χ2v) is 6.13. The normalized spacial score (nSPS) is 11.5. The Morgan fingerprint density at radius 2 is 1.75 bits per heavy atom. The number of amides is 2. The van der Waals surface area contributed by atoms with Gasteiger partial charge in [0.1, 0.15) is 17.7 Å². The summed E-state index contributed by atoms with van der Waals surface area (Å²) >= 11 is 0. The third-order valence-electron chi connectivity index (χ3n) is 3.96. The summed E-state index contributed by atoms with van der Waals surface area (Å²) in [6.07, 6.45) is 0.380. The molecule has 3 N–H and O–H groups in total. The van der Waals surface area contributed by atoms with Crippen molar-refractivity contribution in [2.75, 3.05) is 6.54 Å². The summed E-state index contributed by atoms with van der Waals surface area (Å²) in [7, 11) is 0. The van der Waals surface area contributed by atoms with Crippen molar-refractivity contribution in [2.45, 2.75) is 25.3 Å². The number of benzene rings is 2. The molecule has 0 aromatic heterocycles. The van der Waals surface area contributed by atoms with Gasteiger partial charge in [0.25, 0.3) is 5.91 Å². The second-order valence-electron chi connectivity index (χ2n) is 6.13. The Bertz CT molecular complexity index is 843. The first-order valence-corrected chi connectivity index (χ1v) is 8.66. The van der Waals surface area contributed by atoms with Gasteiger partial charge in [0.05, 0.1) is 5.56 Å². The predicted octanol–water partition coefficient (Wildman–Crippen LogP) is 2.29. The van der Waals surface area contributed by atoms with E-state index in [1.807, 2.05) is 6.07 Å². The van der Waals surface area contributed by atoms with E-state index >= 15 is 0 Å². The Morgan fingerprint density at radius 3 is 2.39 bits per heavy atom. The molecule has 148 valence electrons. The topological polar surface area (TPSA) is 95.5 Å². The average Bonchev–Trinajstić information content (AvgIpc) is 2.65. The number of nitrogens with one attached hydrogen (secondary N) is 2. The summed E-state index contributed by atoms with van der Waals surface area (Å²) in [6.45, 7) is 0.0828. The van der Waals surface area contributed by atoms with Crippen LogP contribution in [0.3, 0.4) is 0 Å². The van der Waals surface area contributed by atoms with E-state index in [0.29, 0.717) is 6.07 Å². The van der Waals surface area contributed by atoms with Crippen LogP contribution in [0.15, 0.2) is 48.5 Å². The van der Waals surface area contributed by atoms with E-state index < -0.39 is 35.5 Å². The smallest absolute Gasteiger partial charge is 0.326 e. The summed E-state index contributed by atoms with van der Waals surface area (Å²) < 4.78 is 26.4. The molecule has 0 fully saturated rings. The van der Waals surface area contributed by atoms with Gasteiger partial charge in [0.15, 0.2) is 0 Å². The van der Waals surface area contributed by atoms with Gasteiger partial charge in [0, 0.05) is 25.5 Å². The molecule has 2 amide bonds. The minimum atomic E-state index is -1.14. The van der Waals surface area contributed by atoms with Crippen LogP contribution >= 0.6 is 0 Å². The van der Waals surface area contributed by atoms with Crippen LogP contribution in [-0.2, 0) is 16.0 Å². The molecule has 28 heavy (non-hydrogen) atoms. The third kappa shape index (κ3) is 6.46. The van der Waals surface area contributed by atoms with E-state index in [1.165, 1.54) is 0 Å². The highest BCUT2D eigenvalue weighted by atomic mass is 19.1. The molecule has 0 saturated heterocycles. The Balaban J connectivity index is 1.76. The minimum Gasteiger partial charge on any atom is -0.480 e. The number of carbonyl (C=O) groups is 3. The summed E-state index contributed by atoms with van der Waals surface area (Å²) in [5, 5.41) is 14.1. The van der Waals surface area contributed by atoms with E-state index in [0.717, 1.165) is 17.7 Å². The third-order valence-corrected chi connectivity index (χ3v) is 3.96. The predicted molar refractivity (Wildman–Crippen MR) is 97.6 cm³/mol. The van der Waals surface area contributed by atoms with Crippen molar-refractivity contribution < 1.29 is 28.3 Å². The van der Waals surface area contributed by atoms with Crippen molar-refractivity contribution in [3.05, 3.63) is 71.3 Å². The molecule has 0 saturated carbocycles. The zero-order valence-electron chi connectivity index (χ0n) is 15.0. The summed E-state index contributed by atoms with van der Waals surface area (Å²) in [5.74, 6) is -4.08. The number of rotatable bonds is 9. The molecule has 1 atom stereocenters. The molecule has 0 aliphatic rings. The molecule has 0 spiro atoms. The molecule has 8 heteroatoms. The highest BCUT2D eigenvalue weighted by molar-refractivity contribution is 5.94. The number of carboxylic acids is 1. The molecule has 0 radical (unpaired) electrons. The van der Waals surface area contributed by atoms with Crippen LogP contribution in [0.25, 0.3) is 0 Å². The molecule has 2 rings (SSSR count). The monoisotopic (exact) mass is 390 g/mol. The molecule has 6 nitrogen and oxygen atoms in total. The van der Waals surface area contributed by atoms with Gasteiger partial charge in [-0.05, 0) is 24.1 Å². The van der Waals surface area contributed by atoms with E-state index in [1.54, 1.807) is 24.3 Å². The summed E-state index contributed by atoms with van der Waals surface area (Å²) in [6, 6.07) is 10.5. The number of carbonyl (C=O) groups excluding carboxylic acids is 2. The van der Waals surface area contributed by atoms with Gasteiger partial charge >= 0.3 is 5.97 Å². The van der Waals surface area contributed by atoms with Gasteiger partial charge in [-0.25, -0.2) is 13.6 Å². The fourth-order valence-corrected chi connectivity index (χ4v) is 2.54. The Kier molecular flexibility index (Phi) is 7.62. The molecule has 2 aromatic carbocycles. The van der Waals surface area contributed by atoms with Crippen LogP contribution in [-0.4, -0.2) is 35.5 Å². The molecule has 0 heterocycles. The van der Waals surface area contributed by atoms with Crippen LogP contribution < -0.4 is 10.6 Å². The lowest BCUT2D eigenvalue weighted by molar-refractivity contribution is -0.141. The highest BCUT2D eigenvalue weighted by Crippen LogP contribution is 2.09. The number of halogens is 2. The number of aliphatic carboxylic acids is 1. The fraction of sp³-hybridized carbons (Fsp3) is 0.250. The van der Waals surface area contributed by atoms with Crippen LogP contribution in [0, 0.1) is 11.6 Å². The van der Waals surface area contributed by atoms with Crippen LogP contribution in [0.5, 0.6) is 0 Å². The van der Waals surface area contributed by atoms with Gasteiger partial charge in [-0.3, -0.25) is 9.59 Å². The van der Waals surface area contributed by atoms with Crippen molar-refractivity contribution in [3.63, 3.8) is 0 Å². The van der Waals surface area contributed by atoms with Crippen molar-refractivity contribution in [1.82, 2.24) is 10.6 Å². The molecular formula is C20H20F2N2O4. The SMILES string of the molecule is O=C(CCCNC(=O)c1ccc(F)cc1F)N[C@@H](Cc1ccccc1)C(=O)O. The van der Waals surface area contributed by atoms with Gasteiger partial charge in [-0.2, -0.15) is 0 Å². The first-order chi connectivity index (χ1) is 13.4. The van der Waals surface area contributed by atoms with Crippen LogP contribution in [0.1, 0.15) is 28.8 Å². The first kappa shape index (κ1) is 21.0. The Morgan fingerprint density at radius 1 is 1.04 bits per heavy atom. The van der Waals surface area contributed by atoms with Crippen molar-refractivity contribution in [1.29, 1.82) is 0 Å². The summed E-state index contributed by atoms with van der Waals surface area (Å²) in [4.78, 5) is 35.1. The molecule has 0 bridgehead atoms. The number of hydrogen-bond donors (Lipinski definition) is 3. The lowest BCUT2D eigenvalue weighted by Crippen LogP contribution is -2.42. The summed E-state index contributed by atoms with van der Waals surface area (Å²) in [5.41, 5.74) is 0.489. The van der Waals surface area contributed by atoms with Crippen LogP contribution in [0.4, 0.5) is 8.78 Å². The minimum absolute atomic E-state index is 0.00918. The van der Waals surface area contributed by atoms with Crippen LogP contribution in [0.2, 0.25) is 0 Å². The molecule has 0 aliphatic carbocycles.